The summed E-state index contributed by atoms with van der Waals surface area (Å²) in [5.41, 5.74) is 0.867. The maximum atomic E-state index is 4.36. The van der Waals surface area contributed by atoms with Gasteiger partial charge in [-0.05, 0) is 38.8 Å². The second kappa shape index (κ2) is 5.13. The van der Waals surface area contributed by atoms with Gasteiger partial charge in [0, 0.05) is 13.1 Å². The minimum atomic E-state index is 0.395. The van der Waals surface area contributed by atoms with E-state index in [1.807, 2.05) is 13.2 Å². The minimum absolute atomic E-state index is 0.395. The lowest BCUT2D eigenvalue weighted by Crippen LogP contribution is -2.38. The van der Waals surface area contributed by atoms with Crippen molar-refractivity contribution in [3.63, 3.8) is 0 Å². The van der Waals surface area contributed by atoms with E-state index in [0.29, 0.717) is 12.0 Å². The molecule has 2 aromatic heterocycles. The van der Waals surface area contributed by atoms with E-state index in [9.17, 15) is 0 Å². The maximum absolute atomic E-state index is 4.36. The van der Waals surface area contributed by atoms with Crippen LogP contribution in [-0.4, -0.2) is 38.9 Å². The van der Waals surface area contributed by atoms with Crippen molar-refractivity contribution in [1.29, 1.82) is 0 Å². The van der Waals surface area contributed by atoms with Gasteiger partial charge in [-0.3, -0.25) is 4.68 Å². The summed E-state index contributed by atoms with van der Waals surface area (Å²) in [6, 6.07) is 0.395. The summed E-state index contributed by atoms with van der Waals surface area (Å²) in [7, 11) is 1.90. The van der Waals surface area contributed by atoms with Gasteiger partial charge in [-0.25, -0.2) is 9.97 Å². The highest BCUT2D eigenvalue weighted by Gasteiger charge is 2.21. The standard InChI is InChI=1S/C13H20N6/c1-9(10-4-3-5-14-6-10)18-12-11-7-17-19(2)13(11)16-8-15-12/h7-10,14H,3-6H2,1-2H3,(H,15,16,18). The number of piperidine rings is 1. The van der Waals surface area contributed by atoms with Gasteiger partial charge in [0.2, 0.25) is 0 Å². The molecule has 1 fully saturated rings. The third-order valence-corrected chi connectivity index (χ3v) is 3.94. The quantitative estimate of drug-likeness (QED) is 0.867. The monoisotopic (exact) mass is 260 g/mol. The van der Waals surface area contributed by atoms with Crippen LogP contribution < -0.4 is 10.6 Å². The molecule has 0 radical (unpaired) electrons. The van der Waals surface area contributed by atoms with Gasteiger partial charge < -0.3 is 10.6 Å². The van der Waals surface area contributed by atoms with Gasteiger partial charge in [0.05, 0.1) is 11.6 Å². The highest BCUT2D eigenvalue weighted by Crippen LogP contribution is 2.22. The Labute approximate surface area is 112 Å². The summed E-state index contributed by atoms with van der Waals surface area (Å²) < 4.78 is 1.77. The molecule has 2 unspecified atom stereocenters. The van der Waals surface area contributed by atoms with Crippen LogP contribution in [0.15, 0.2) is 12.5 Å². The largest absolute Gasteiger partial charge is 0.367 e. The number of aromatic nitrogens is 4. The number of nitrogens with zero attached hydrogens (tertiary/aromatic N) is 4. The molecule has 6 heteroatoms. The van der Waals surface area contributed by atoms with Crippen LogP contribution in [0, 0.1) is 5.92 Å². The lowest BCUT2D eigenvalue weighted by Gasteiger charge is -2.29. The van der Waals surface area contributed by atoms with E-state index in [2.05, 4.69) is 32.6 Å². The number of nitrogens with one attached hydrogen (secondary N) is 2. The molecule has 19 heavy (non-hydrogen) atoms. The van der Waals surface area contributed by atoms with Crippen LogP contribution in [0.2, 0.25) is 0 Å². The fraction of sp³-hybridized carbons (Fsp3) is 0.615. The van der Waals surface area contributed by atoms with Gasteiger partial charge in [-0.15, -0.1) is 0 Å². The molecule has 102 valence electrons. The van der Waals surface area contributed by atoms with Crippen LogP contribution in [0.1, 0.15) is 19.8 Å². The number of rotatable bonds is 3. The SMILES string of the molecule is CC(Nc1ncnc2c1cnn2C)C1CCCNC1. The topological polar surface area (TPSA) is 67.7 Å². The highest BCUT2D eigenvalue weighted by atomic mass is 15.3. The molecule has 6 nitrogen and oxygen atoms in total. The average molecular weight is 260 g/mol. The molecule has 3 heterocycles. The molecule has 1 aliphatic heterocycles. The fourth-order valence-electron chi connectivity index (χ4n) is 2.72. The molecule has 0 spiro atoms. The first kappa shape index (κ1) is 12.3. The number of anilines is 1. The van der Waals surface area contributed by atoms with Crippen molar-refractivity contribution in [2.75, 3.05) is 18.4 Å². The molecule has 0 aliphatic carbocycles. The third-order valence-electron chi connectivity index (χ3n) is 3.94. The molecule has 1 saturated heterocycles. The Morgan fingerprint density at radius 2 is 2.37 bits per heavy atom. The zero-order valence-corrected chi connectivity index (χ0v) is 11.4. The predicted octanol–water partition coefficient (Wildman–Crippen LogP) is 1.16. The molecule has 0 amide bonds. The summed E-state index contributed by atoms with van der Waals surface area (Å²) in [6.07, 6.45) is 5.94. The van der Waals surface area contributed by atoms with E-state index in [4.69, 9.17) is 0 Å². The number of aryl methyl sites for hydroxylation is 1. The van der Waals surface area contributed by atoms with Gasteiger partial charge in [0.15, 0.2) is 5.65 Å². The highest BCUT2D eigenvalue weighted by molar-refractivity contribution is 5.86. The predicted molar refractivity (Wildman–Crippen MR) is 75.0 cm³/mol. The Morgan fingerprint density at radius 1 is 1.47 bits per heavy atom. The lowest BCUT2D eigenvalue weighted by atomic mass is 9.93. The smallest absolute Gasteiger partial charge is 0.163 e. The first-order valence-electron chi connectivity index (χ1n) is 6.85. The van der Waals surface area contributed by atoms with Crippen molar-refractivity contribution in [3.05, 3.63) is 12.5 Å². The zero-order chi connectivity index (χ0) is 13.2. The van der Waals surface area contributed by atoms with E-state index in [-0.39, 0.29) is 0 Å². The van der Waals surface area contributed by atoms with Crippen LogP contribution in [-0.2, 0) is 7.05 Å². The van der Waals surface area contributed by atoms with E-state index >= 15 is 0 Å². The van der Waals surface area contributed by atoms with E-state index in [1.54, 1.807) is 11.0 Å². The van der Waals surface area contributed by atoms with Crippen molar-refractivity contribution < 1.29 is 0 Å². The van der Waals surface area contributed by atoms with Crippen LogP contribution in [0.5, 0.6) is 0 Å². The molecule has 0 bridgehead atoms. The fourth-order valence-corrected chi connectivity index (χ4v) is 2.72. The van der Waals surface area contributed by atoms with Crippen LogP contribution in [0.3, 0.4) is 0 Å². The van der Waals surface area contributed by atoms with Crippen molar-refractivity contribution in [2.24, 2.45) is 13.0 Å². The third kappa shape index (κ3) is 2.40. The molecule has 0 aromatic carbocycles. The summed E-state index contributed by atoms with van der Waals surface area (Å²) in [5, 5.41) is 12.2. The molecule has 3 rings (SSSR count). The van der Waals surface area contributed by atoms with Gasteiger partial charge >= 0.3 is 0 Å². The van der Waals surface area contributed by atoms with Crippen LogP contribution >= 0.6 is 0 Å². The summed E-state index contributed by atoms with van der Waals surface area (Å²) >= 11 is 0. The molecule has 0 saturated carbocycles. The molecular formula is C13H20N6. The summed E-state index contributed by atoms with van der Waals surface area (Å²) in [5.74, 6) is 1.53. The van der Waals surface area contributed by atoms with E-state index in [0.717, 1.165) is 29.9 Å². The second-order valence-corrected chi connectivity index (χ2v) is 5.27. The van der Waals surface area contributed by atoms with Crippen molar-refractivity contribution in [3.8, 4) is 0 Å². The maximum Gasteiger partial charge on any atom is 0.163 e. The van der Waals surface area contributed by atoms with Gasteiger partial charge in [0.25, 0.3) is 0 Å². The van der Waals surface area contributed by atoms with Crippen molar-refractivity contribution >= 4 is 16.9 Å². The Balaban J connectivity index is 1.80. The Hall–Kier alpha value is -1.69. The molecule has 2 N–H and O–H groups in total. The second-order valence-electron chi connectivity index (χ2n) is 5.27. The van der Waals surface area contributed by atoms with Gasteiger partial charge in [-0.1, -0.05) is 0 Å². The first-order valence-corrected chi connectivity index (χ1v) is 6.85. The van der Waals surface area contributed by atoms with E-state index < -0.39 is 0 Å². The summed E-state index contributed by atoms with van der Waals surface area (Å²) in [4.78, 5) is 8.62. The Bertz CT molecular complexity index is 557. The van der Waals surface area contributed by atoms with Crippen LogP contribution in [0.4, 0.5) is 5.82 Å². The molecular weight excluding hydrogens is 240 g/mol. The summed E-state index contributed by atoms with van der Waals surface area (Å²) in [6.45, 7) is 4.45. The van der Waals surface area contributed by atoms with Gasteiger partial charge in [0.1, 0.15) is 12.1 Å². The normalized spacial score (nSPS) is 21.5. The van der Waals surface area contributed by atoms with E-state index in [1.165, 1.54) is 12.8 Å². The average Bonchev–Trinajstić information content (AvgIpc) is 2.83. The Kier molecular flexibility index (Phi) is 3.33. The molecule has 2 aromatic rings. The van der Waals surface area contributed by atoms with Gasteiger partial charge in [-0.2, -0.15) is 5.10 Å². The van der Waals surface area contributed by atoms with Crippen molar-refractivity contribution in [1.82, 2.24) is 25.1 Å². The number of fused-ring (bicyclic) bond motifs is 1. The molecule has 2 atom stereocenters. The van der Waals surface area contributed by atoms with Crippen molar-refractivity contribution in [2.45, 2.75) is 25.8 Å². The lowest BCUT2D eigenvalue weighted by molar-refractivity contribution is 0.347. The number of hydrogen-bond acceptors (Lipinski definition) is 5. The zero-order valence-electron chi connectivity index (χ0n) is 11.4. The minimum Gasteiger partial charge on any atom is -0.367 e. The Morgan fingerprint density at radius 3 is 3.16 bits per heavy atom. The number of hydrogen-bond donors (Lipinski definition) is 2. The van der Waals surface area contributed by atoms with Crippen LogP contribution in [0.25, 0.3) is 11.0 Å². The first-order chi connectivity index (χ1) is 9.25. The molecule has 1 aliphatic rings.